The van der Waals surface area contributed by atoms with Crippen molar-refractivity contribution in [3.63, 3.8) is 0 Å². The molecule has 1 saturated heterocycles. The van der Waals surface area contributed by atoms with Crippen molar-refractivity contribution < 1.29 is 31.8 Å². The van der Waals surface area contributed by atoms with Gasteiger partial charge in [0.15, 0.2) is 16.6 Å². The Balaban J connectivity index is 1.85. The summed E-state index contributed by atoms with van der Waals surface area (Å²) < 4.78 is 44.8. The van der Waals surface area contributed by atoms with Gasteiger partial charge in [-0.15, -0.1) is 11.3 Å². The number of carbonyl (C=O) groups excluding carboxylic acids is 2. The molecule has 1 aromatic heterocycles. The van der Waals surface area contributed by atoms with E-state index in [2.05, 4.69) is 10.1 Å². The Morgan fingerprint density at radius 3 is 2.72 bits per heavy atom. The summed E-state index contributed by atoms with van der Waals surface area (Å²) in [6, 6.07) is 4.30. The van der Waals surface area contributed by atoms with Crippen molar-refractivity contribution in [2.24, 2.45) is 10.9 Å². The summed E-state index contributed by atoms with van der Waals surface area (Å²) >= 11 is 1.07. The Bertz CT molecular complexity index is 1100. The Morgan fingerprint density at radius 1 is 1.45 bits per heavy atom. The summed E-state index contributed by atoms with van der Waals surface area (Å²) in [6.07, 6.45) is 0. The molecule has 14 heteroatoms. The van der Waals surface area contributed by atoms with Crippen molar-refractivity contribution in [1.29, 1.82) is 0 Å². The first-order chi connectivity index (χ1) is 13.6. The quantitative estimate of drug-likeness (QED) is 0.233. The average molecular weight is 443 g/mol. The van der Waals surface area contributed by atoms with E-state index < -0.39 is 40.8 Å². The molecule has 1 aromatic carbocycles. The molecular weight excluding hydrogens is 429 g/mol. The van der Waals surface area contributed by atoms with Crippen LogP contribution in [-0.4, -0.2) is 52.5 Å². The van der Waals surface area contributed by atoms with Gasteiger partial charge in [0.05, 0.1) is 12.0 Å². The molecule has 29 heavy (non-hydrogen) atoms. The van der Waals surface area contributed by atoms with Gasteiger partial charge in [-0.05, 0) is 17.7 Å². The summed E-state index contributed by atoms with van der Waals surface area (Å²) in [7, 11) is -4.86. The number of β-lactam (4-membered cyclic amide) rings is 1. The number of nitrogens with two attached hydrogens (primary N) is 2. The molecule has 3 rings (SSSR count). The van der Waals surface area contributed by atoms with Crippen LogP contribution in [0.5, 0.6) is 5.75 Å². The van der Waals surface area contributed by atoms with Crippen molar-refractivity contribution in [3.05, 3.63) is 40.9 Å². The normalized spacial score (nSPS) is 19.7. The van der Waals surface area contributed by atoms with Crippen molar-refractivity contribution in [2.45, 2.75) is 12.0 Å². The molecule has 1 fully saturated rings. The van der Waals surface area contributed by atoms with Crippen molar-refractivity contribution >= 4 is 44.3 Å². The number of rotatable bonds is 7. The zero-order valence-electron chi connectivity index (χ0n) is 14.4. The maximum atomic E-state index is 13.3. The molecule has 0 radical (unpaired) electrons. The van der Waals surface area contributed by atoms with Crippen molar-refractivity contribution in [3.8, 4) is 5.75 Å². The number of oxime groups is 1. The van der Waals surface area contributed by atoms with E-state index in [9.17, 15) is 22.4 Å². The van der Waals surface area contributed by atoms with Crippen LogP contribution in [0.3, 0.4) is 0 Å². The maximum absolute atomic E-state index is 13.3. The highest BCUT2D eigenvalue weighted by Gasteiger charge is 2.53. The molecule has 154 valence electrons. The van der Waals surface area contributed by atoms with Gasteiger partial charge in [-0.2, -0.15) is 8.42 Å². The largest absolute Gasteiger partial charge is 0.375 e. The summed E-state index contributed by atoms with van der Waals surface area (Å²) in [4.78, 5) is 32.7. The number of halogens is 1. The van der Waals surface area contributed by atoms with E-state index in [-0.39, 0.29) is 32.2 Å². The third kappa shape index (κ3) is 4.03. The predicted molar refractivity (Wildman–Crippen MR) is 100 cm³/mol. The van der Waals surface area contributed by atoms with Gasteiger partial charge in [-0.1, -0.05) is 17.3 Å². The van der Waals surface area contributed by atoms with E-state index in [1.54, 1.807) is 0 Å². The second kappa shape index (κ2) is 7.73. The zero-order valence-corrected chi connectivity index (χ0v) is 16.1. The van der Waals surface area contributed by atoms with Crippen LogP contribution in [0.1, 0.15) is 17.2 Å². The highest BCUT2D eigenvalue weighted by molar-refractivity contribution is 7.84. The second-order valence-corrected chi connectivity index (χ2v) is 8.03. The third-order valence-corrected chi connectivity index (χ3v) is 5.66. The van der Waals surface area contributed by atoms with Gasteiger partial charge in [0.2, 0.25) is 5.91 Å². The fourth-order valence-corrected chi connectivity index (χ4v) is 4.21. The van der Waals surface area contributed by atoms with E-state index in [0.717, 1.165) is 11.3 Å². The maximum Gasteiger partial charge on any atom is 0.362 e. The number of nitrogen functional groups attached to an aromatic ring is 1. The van der Waals surface area contributed by atoms with Crippen LogP contribution in [0.4, 0.5) is 9.52 Å². The molecule has 5 N–H and O–H groups in total. The van der Waals surface area contributed by atoms with Gasteiger partial charge in [-0.3, -0.25) is 14.1 Å². The van der Waals surface area contributed by atoms with Crippen molar-refractivity contribution in [1.82, 2.24) is 9.29 Å². The standard InChI is InChI=1S/C15H14FN5O6S2/c16-5-10-11(14(23)21(10)29(24,25)26)7-2-1-3-8(4-7)27-20-12(13(17)22)9-6-28-15(18)19-9/h1-4,6,10-11H,5H2,(H2,17,22)(H2,18,19)(H,24,25,26)/b20-12-/t10-,11-/m0/s1. The van der Waals surface area contributed by atoms with Crippen LogP contribution in [0.15, 0.2) is 34.8 Å². The topological polar surface area (TPSA) is 178 Å². The molecule has 2 amide bonds. The molecule has 2 aromatic rings. The lowest BCUT2D eigenvalue weighted by molar-refractivity contribution is -0.142. The fourth-order valence-electron chi connectivity index (χ4n) is 2.80. The van der Waals surface area contributed by atoms with E-state index in [1.165, 1.54) is 29.6 Å². The van der Waals surface area contributed by atoms with Crippen LogP contribution in [0, 0.1) is 0 Å². The number of hydrogen-bond donors (Lipinski definition) is 3. The first kappa shape index (κ1) is 20.6. The number of hydrogen-bond acceptors (Lipinski definition) is 9. The number of thiazole rings is 1. The molecule has 11 nitrogen and oxygen atoms in total. The Kier molecular flexibility index (Phi) is 5.50. The number of primary amides is 1. The van der Waals surface area contributed by atoms with Crippen molar-refractivity contribution in [2.75, 3.05) is 12.4 Å². The minimum absolute atomic E-state index is 0.0696. The Labute approximate surface area is 167 Å². The van der Waals surface area contributed by atoms with Gasteiger partial charge < -0.3 is 16.3 Å². The zero-order chi connectivity index (χ0) is 21.3. The molecule has 0 saturated carbocycles. The molecule has 2 atom stereocenters. The Morgan fingerprint density at radius 2 is 2.17 bits per heavy atom. The van der Waals surface area contributed by atoms with Gasteiger partial charge in [0.1, 0.15) is 12.4 Å². The molecule has 1 aliphatic rings. The summed E-state index contributed by atoms with van der Waals surface area (Å²) in [5.74, 6) is -2.96. The highest BCUT2D eigenvalue weighted by Crippen LogP contribution is 2.38. The highest BCUT2D eigenvalue weighted by atomic mass is 32.2. The number of anilines is 1. The lowest BCUT2D eigenvalue weighted by Gasteiger charge is -2.42. The average Bonchev–Trinajstić information content (AvgIpc) is 3.04. The van der Waals surface area contributed by atoms with Gasteiger partial charge in [0, 0.05) is 5.38 Å². The molecule has 0 aliphatic carbocycles. The SMILES string of the molecule is NC(=O)/C(=N\Oc1cccc([C@@H]2C(=O)N(S(=O)(=O)O)[C@H]2CF)c1)c1csc(N)n1. The Hall–Kier alpha value is -3.10. The van der Waals surface area contributed by atoms with Crippen LogP contribution in [0.25, 0.3) is 0 Å². The van der Waals surface area contributed by atoms with E-state index >= 15 is 0 Å². The predicted octanol–water partition coefficient (Wildman–Crippen LogP) is 0.0604. The minimum atomic E-state index is -4.86. The van der Waals surface area contributed by atoms with E-state index in [0.29, 0.717) is 0 Å². The first-order valence-electron chi connectivity index (χ1n) is 7.86. The number of benzene rings is 1. The lowest BCUT2D eigenvalue weighted by Crippen LogP contribution is -2.62. The van der Waals surface area contributed by atoms with Crippen LogP contribution in [0.2, 0.25) is 0 Å². The lowest BCUT2D eigenvalue weighted by atomic mass is 9.84. The summed E-state index contributed by atoms with van der Waals surface area (Å²) in [5.41, 5.74) is 10.8. The number of alkyl halides is 1. The fraction of sp³-hybridized carbons (Fsp3) is 0.200. The van der Waals surface area contributed by atoms with Crippen LogP contribution in [-0.2, 0) is 19.9 Å². The molecule has 0 bridgehead atoms. The number of carbonyl (C=O) groups is 2. The van der Waals surface area contributed by atoms with Gasteiger partial charge in [-0.25, -0.2) is 13.7 Å². The second-order valence-electron chi connectivity index (χ2n) is 5.85. The summed E-state index contributed by atoms with van der Waals surface area (Å²) in [6.45, 7) is -1.18. The smallest absolute Gasteiger partial charge is 0.362 e. The summed E-state index contributed by atoms with van der Waals surface area (Å²) in [5, 5.41) is 5.31. The number of amides is 2. The molecule has 0 unspecified atom stereocenters. The molecule has 1 aliphatic heterocycles. The third-order valence-electron chi connectivity index (χ3n) is 4.03. The molecular formula is C15H14FN5O6S2. The molecule has 0 spiro atoms. The number of aromatic nitrogens is 1. The van der Waals surface area contributed by atoms with Gasteiger partial charge >= 0.3 is 10.3 Å². The minimum Gasteiger partial charge on any atom is -0.375 e. The molecule has 2 heterocycles. The van der Waals surface area contributed by atoms with Gasteiger partial charge in [0.25, 0.3) is 5.91 Å². The van der Waals surface area contributed by atoms with Crippen LogP contribution >= 0.6 is 11.3 Å². The number of nitrogens with zero attached hydrogens (tertiary/aromatic N) is 3. The van der Waals surface area contributed by atoms with Crippen LogP contribution < -0.4 is 16.3 Å². The monoisotopic (exact) mass is 443 g/mol. The van der Waals surface area contributed by atoms with E-state index in [1.807, 2.05) is 0 Å². The first-order valence-corrected chi connectivity index (χ1v) is 10.1. The van der Waals surface area contributed by atoms with E-state index in [4.69, 9.17) is 20.9 Å².